The van der Waals surface area contributed by atoms with Crippen LogP contribution in [0.5, 0.6) is 0 Å². The van der Waals surface area contributed by atoms with E-state index < -0.39 is 10.8 Å². The van der Waals surface area contributed by atoms with Crippen molar-refractivity contribution in [2.45, 2.75) is 225 Å². The van der Waals surface area contributed by atoms with Crippen LogP contribution in [-0.4, -0.2) is 24.6 Å². The molecule has 0 amide bonds. The van der Waals surface area contributed by atoms with Crippen molar-refractivity contribution >= 4 is 11.9 Å². The number of rotatable bonds is 24. The highest BCUT2D eigenvalue weighted by Gasteiger charge is 2.38. The molecule has 1 fully saturated rings. The van der Waals surface area contributed by atoms with Crippen LogP contribution < -0.4 is 0 Å². The number of carbonyl (C=O) groups is 2. The molecular formula is C39H82O4. The molecule has 4 heteroatoms. The maximum Gasteiger partial charge on any atom is 0.311 e. The summed E-state index contributed by atoms with van der Waals surface area (Å²) in [5, 5.41) is 0. The van der Waals surface area contributed by atoms with Gasteiger partial charge in [0, 0.05) is 0 Å². The van der Waals surface area contributed by atoms with Gasteiger partial charge < -0.3 is 9.47 Å². The number of hydrogen-bond donors (Lipinski definition) is 0. The molecule has 4 nitrogen and oxygen atoms in total. The third-order valence-electron chi connectivity index (χ3n) is 9.18. The predicted molar refractivity (Wildman–Crippen MR) is 192 cm³/mol. The highest BCUT2D eigenvalue weighted by atomic mass is 16.5. The molecule has 0 heterocycles. The molecule has 0 aromatic rings. The normalized spacial score (nSPS) is 14.6. The quantitative estimate of drug-likeness (QED) is 0.0801. The lowest BCUT2D eigenvalue weighted by Crippen LogP contribution is -2.35. The molecule has 0 aliphatic heterocycles. The topological polar surface area (TPSA) is 52.6 Å². The summed E-state index contributed by atoms with van der Waals surface area (Å²) in [5.74, 6) is -0.225. The van der Waals surface area contributed by atoms with Crippen molar-refractivity contribution in [1.82, 2.24) is 0 Å². The Balaban J connectivity index is -0.00000190. The lowest BCUT2D eigenvalue weighted by atomic mass is 9.76. The van der Waals surface area contributed by atoms with E-state index in [0.29, 0.717) is 19.4 Å². The minimum absolute atomic E-state index is 0. The Kier molecular flexibility index (Phi) is 33.7. The summed E-state index contributed by atoms with van der Waals surface area (Å²) >= 11 is 0. The second kappa shape index (κ2) is 29.6. The van der Waals surface area contributed by atoms with Gasteiger partial charge in [-0.15, -0.1) is 0 Å². The lowest BCUT2D eigenvalue weighted by molar-refractivity contribution is -0.164. The highest BCUT2D eigenvalue weighted by Crippen LogP contribution is 2.36. The van der Waals surface area contributed by atoms with Crippen molar-refractivity contribution < 1.29 is 19.1 Å². The number of esters is 2. The van der Waals surface area contributed by atoms with E-state index in [0.717, 1.165) is 44.9 Å². The van der Waals surface area contributed by atoms with E-state index in [4.69, 9.17) is 9.47 Å². The second-order valence-corrected chi connectivity index (χ2v) is 13.4. The monoisotopic (exact) mass is 615 g/mol. The van der Waals surface area contributed by atoms with Crippen molar-refractivity contribution in [3.63, 3.8) is 0 Å². The summed E-state index contributed by atoms with van der Waals surface area (Å²) in [4.78, 5) is 25.7. The molecule has 0 spiro atoms. The molecule has 1 rings (SSSR count). The van der Waals surface area contributed by atoms with Gasteiger partial charge in [0.15, 0.2) is 0 Å². The maximum atomic E-state index is 12.9. The average molecular weight is 615 g/mol. The number of carbonyl (C=O) groups excluding carboxylic acids is 2. The van der Waals surface area contributed by atoms with Gasteiger partial charge in [0.05, 0.1) is 17.4 Å². The molecule has 1 saturated carbocycles. The summed E-state index contributed by atoms with van der Waals surface area (Å²) in [7, 11) is 0. The van der Waals surface area contributed by atoms with Crippen LogP contribution in [-0.2, 0) is 19.1 Å². The van der Waals surface area contributed by atoms with E-state index in [1.807, 2.05) is 27.7 Å². The van der Waals surface area contributed by atoms with E-state index >= 15 is 0 Å². The molecule has 262 valence electrons. The third-order valence-corrected chi connectivity index (χ3v) is 9.18. The Morgan fingerprint density at radius 3 is 1.42 bits per heavy atom. The molecular weight excluding hydrogens is 532 g/mol. The first-order valence-corrected chi connectivity index (χ1v) is 17.1. The fourth-order valence-electron chi connectivity index (χ4n) is 5.60. The van der Waals surface area contributed by atoms with Crippen LogP contribution in [0.4, 0.5) is 0 Å². The summed E-state index contributed by atoms with van der Waals surface area (Å²) in [6, 6.07) is 0. The van der Waals surface area contributed by atoms with Gasteiger partial charge in [-0.2, -0.15) is 0 Å². The molecule has 0 bridgehead atoms. The lowest BCUT2D eigenvalue weighted by Gasteiger charge is -2.32. The summed E-state index contributed by atoms with van der Waals surface area (Å²) in [6.07, 6.45) is 29.0. The first-order valence-electron chi connectivity index (χ1n) is 17.1. The predicted octanol–water partition coefficient (Wildman–Crippen LogP) is 13.4. The molecule has 1 unspecified atom stereocenters. The van der Waals surface area contributed by atoms with E-state index in [9.17, 15) is 9.59 Å². The number of hydrogen-bond acceptors (Lipinski definition) is 4. The zero-order chi connectivity index (χ0) is 28.8. The van der Waals surface area contributed by atoms with Crippen molar-refractivity contribution in [2.24, 2.45) is 10.8 Å². The van der Waals surface area contributed by atoms with Gasteiger partial charge in [0.1, 0.15) is 6.10 Å². The van der Waals surface area contributed by atoms with Crippen LogP contribution in [0.15, 0.2) is 0 Å². The number of unbranched alkanes of at least 4 members (excludes halogenated alkanes) is 15. The van der Waals surface area contributed by atoms with E-state index in [2.05, 4.69) is 6.92 Å². The Morgan fingerprint density at radius 2 is 1.00 bits per heavy atom. The smallest absolute Gasteiger partial charge is 0.311 e. The van der Waals surface area contributed by atoms with E-state index in [1.54, 1.807) is 0 Å². The molecule has 0 aromatic carbocycles. The minimum atomic E-state index is -0.581. The molecule has 0 radical (unpaired) electrons. The molecule has 43 heavy (non-hydrogen) atoms. The molecule has 0 saturated heterocycles. The summed E-state index contributed by atoms with van der Waals surface area (Å²) in [5.41, 5.74) is -1.13. The van der Waals surface area contributed by atoms with Crippen LogP contribution in [0, 0.1) is 10.8 Å². The molecule has 0 N–H and O–H groups in total. The fourth-order valence-corrected chi connectivity index (χ4v) is 5.60. The van der Waals surface area contributed by atoms with Gasteiger partial charge in [0.25, 0.3) is 0 Å². The highest BCUT2D eigenvalue weighted by molar-refractivity contribution is 5.78. The summed E-state index contributed by atoms with van der Waals surface area (Å²) < 4.78 is 11.5. The van der Waals surface area contributed by atoms with Gasteiger partial charge in [-0.05, 0) is 72.1 Å². The molecule has 1 atom stereocenters. The molecule has 1 aliphatic rings. The average Bonchev–Trinajstić information content (AvgIpc) is 2.93. The van der Waals surface area contributed by atoms with Gasteiger partial charge in [-0.3, -0.25) is 9.59 Å². The van der Waals surface area contributed by atoms with Crippen LogP contribution in [0.1, 0.15) is 218 Å². The third kappa shape index (κ3) is 23.0. The van der Waals surface area contributed by atoms with Gasteiger partial charge in [-0.25, -0.2) is 0 Å². The Hall–Kier alpha value is -1.06. The zero-order valence-electron chi connectivity index (χ0n) is 26.9. The SMILES string of the molecule is C.C.C.C.CCCCCCCCCCCCCCCCCCOC(=O)C(C)(CC)CCC(C)(C)C(=O)OC1CCCCC1. The van der Waals surface area contributed by atoms with Crippen molar-refractivity contribution in [1.29, 1.82) is 0 Å². The van der Waals surface area contributed by atoms with Crippen LogP contribution >= 0.6 is 0 Å². The Morgan fingerprint density at radius 1 is 0.581 bits per heavy atom. The van der Waals surface area contributed by atoms with Gasteiger partial charge in [-0.1, -0.05) is 146 Å². The van der Waals surface area contributed by atoms with Crippen LogP contribution in [0.3, 0.4) is 0 Å². The van der Waals surface area contributed by atoms with E-state index in [-0.39, 0.29) is 47.7 Å². The summed E-state index contributed by atoms with van der Waals surface area (Å²) in [6.45, 7) is 10.7. The maximum absolute atomic E-state index is 12.9. The largest absolute Gasteiger partial charge is 0.465 e. The van der Waals surface area contributed by atoms with Gasteiger partial charge >= 0.3 is 11.9 Å². The standard InChI is InChI=1S/C35H66O4.4CH4/c1-6-8-9-10-11-12-13-14-15-16-17-18-19-20-21-25-30-38-33(37)35(5,7-2)29-28-34(3,4)32(36)39-31-26-23-22-24-27-31;;;;/h31H,6-30H2,1-5H3;4*1H4. The van der Waals surface area contributed by atoms with Crippen molar-refractivity contribution in [3.8, 4) is 0 Å². The van der Waals surface area contributed by atoms with Crippen LogP contribution in [0.2, 0.25) is 0 Å². The van der Waals surface area contributed by atoms with Crippen molar-refractivity contribution in [2.75, 3.05) is 6.61 Å². The molecule has 1 aliphatic carbocycles. The van der Waals surface area contributed by atoms with Gasteiger partial charge in [0.2, 0.25) is 0 Å². The van der Waals surface area contributed by atoms with E-state index in [1.165, 1.54) is 96.3 Å². The first-order chi connectivity index (χ1) is 18.7. The second-order valence-electron chi connectivity index (χ2n) is 13.4. The Labute approximate surface area is 272 Å². The van der Waals surface area contributed by atoms with Crippen molar-refractivity contribution in [3.05, 3.63) is 0 Å². The minimum Gasteiger partial charge on any atom is -0.465 e. The Bertz CT molecular complexity index is 623. The number of ether oxygens (including phenoxy) is 2. The first kappa shape index (κ1) is 48.8. The van der Waals surface area contributed by atoms with Crippen LogP contribution in [0.25, 0.3) is 0 Å². The zero-order valence-corrected chi connectivity index (χ0v) is 26.9. The fraction of sp³-hybridized carbons (Fsp3) is 0.949. The molecule has 0 aromatic heterocycles.